The number of hydrogen-bond acceptors (Lipinski definition) is 5. The molecule has 4 N–H and O–H groups in total. The first-order chi connectivity index (χ1) is 16.7. The van der Waals surface area contributed by atoms with Gasteiger partial charge in [0.2, 0.25) is 17.7 Å². The summed E-state index contributed by atoms with van der Waals surface area (Å²) in [6, 6.07) is 9.61. The highest BCUT2D eigenvalue weighted by molar-refractivity contribution is 5.89. The van der Waals surface area contributed by atoms with Gasteiger partial charge in [-0.1, -0.05) is 70.2 Å². The molecule has 0 radical (unpaired) electrons. The van der Waals surface area contributed by atoms with E-state index < -0.39 is 23.7 Å². The van der Waals surface area contributed by atoms with Crippen LogP contribution in [0.1, 0.15) is 51.8 Å². The van der Waals surface area contributed by atoms with Gasteiger partial charge in [0.1, 0.15) is 0 Å². The zero-order chi connectivity index (χ0) is 25.8. The molecule has 1 aromatic carbocycles. The van der Waals surface area contributed by atoms with E-state index in [0.29, 0.717) is 18.7 Å². The van der Waals surface area contributed by atoms with Gasteiger partial charge in [-0.3, -0.25) is 30.0 Å². The van der Waals surface area contributed by atoms with Crippen LogP contribution in [-0.2, 0) is 20.8 Å². The molecule has 0 aliphatic rings. The van der Waals surface area contributed by atoms with Crippen LogP contribution < -0.4 is 10.9 Å². The van der Waals surface area contributed by atoms with Crippen LogP contribution in [0, 0.1) is 23.7 Å². The molecular formula is C26H37N5O4. The number of hydroxylamine groups is 1. The lowest BCUT2D eigenvalue weighted by atomic mass is 9.82. The lowest BCUT2D eigenvalue weighted by Crippen LogP contribution is -2.52. The van der Waals surface area contributed by atoms with Crippen LogP contribution >= 0.6 is 0 Å². The van der Waals surface area contributed by atoms with E-state index in [1.165, 1.54) is 11.3 Å². The van der Waals surface area contributed by atoms with Crippen molar-refractivity contribution < 1.29 is 19.6 Å². The van der Waals surface area contributed by atoms with Gasteiger partial charge in [-0.05, 0) is 30.2 Å². The van der Waals surface area contributed by atoms with E-state index in [1.807, 2.05) is 70.2 Å². The number of nitrogens with zero attached hydrogens (tertiary/aromatic N) is 2. The molecule has 2 aromatic rings. The molecule has 0 bridgehead atoms. The second kappa shape index (κ2) is 14.1. The summed E-state index contributed by atoms with van der Waals surface area (Å²) in [5.41, 5.74) is 6.08. The molecule has 9 heteroatoms. The van der Waals surface area contributed by atoms with Crippen molar-refractivity contribution in [3.8, 4) is 0 Å². The number of hydrogen-bond donors (Lipinski definition) is 4. The molecule has 2 atom stereocenters. The normalized spacial score (nSPS) is 13.1. The van der Waals surface area contributed by atoms with Gasteiger partial charge in [-0.25, -0.2) is 10.5 Å². The smallest absolute Gasteiger partial charge is 0.247 e. The van der Waals surface area contributed by atoms with Crippen LogP contribution in [0.25, 0.3) is 6.08 Å². The van der Waals surface area contributed by atoms with E-state index in [9.17, 15) is 19.6 Å². The number of allylic oxidation sites excluding steroid dienone is 1. The van der Waals surface area contributed by atoms with Crippen molar-refractivity contribution in [3.05, 3.63) is 60.2 Å². The van der Waals surface area contributed by atoms with Gasteiger partial charge in [0.15, 0.2) is 0 Å². The van der Waals surface area contributed by atoms with Crippen molar-refractivity contribution in [2.75, 3.05) is 6.54 Å². The zero-order valence-corrected chi connectivity index (χ0v) is 20.9. The van der Waals surface area contributed by atoms with Crippen molar-refractivity contribution in [2.45, 2.75) is 47.0 Å². The number of hydrazine groups is 1. The molecule has 0 saturated carbocycles. The van der Waals surface area contributed by atoms with Crippen molar-refractivity contribution >= 4 is 23.8 Å². The summed E-state index contributed by atoms with van der Waals surface area (Å²) in [5.74, 6) is -2.70. The number of H-pyrrole nitrogens is 1. The average Bonchev–Trinajstić information content (AvgIpc) is 3.33. The molecule has 2 rings (SSSR count). The van der Waals surface area contributed by atoms with Gasteiger partial charge >= 0.3 is 0 Å². The van der Waals surface area contributed by atoms with Gasteiger partial charge in [0.05, 0.1) is 24.6 Å². The van der Waals surface area contributed by atoms with E-state index in [2.05, 4.69) is 15.4 Å². The van der Waals surface area contributed by atoms with Gasteiger partial charge in [0.25, 0.3) is 0 Å². The van der Waals surface area contributed by atoms with Crippen molar-refractivity contribution in [1.82, 2.24) is 25.9 Å². The first-order valence-electron chi connectivity index (χ1n) is 11.9. The predicted octanol–water partition coefficient (Wildman–Crippen LogP) is 3.36. The minimum absolute atomic E-state index is 0.0578. The molecule has 0 saturated heterocycles. The Morgan fingerprint density at radius 3 is 2.34 bits per heavy atom. The molecule has 9 nitrogen and oxygen atoms in total. The largest absolute Gasteiger partial charge is 0.348 e. The molecule has 1 aromatic heterocycles. The summed E-state index contributed by atoms with van der Waals surface area (Å²) < 4.78 is 0. The Morgan fingerprint density at radius 2 is 1.77 bits per heavy atom. The maximum atomic E-state index is 13.5. The number of carbonyl (C=O) groups excluding carboxylic acids is 3. The molecule has 3 amide bonds. The molecule has 190 valence electrons. The fourth-order valence-electron chi connectivity index (χ4n) is 3.84. The quantitative estimate of drug-likeness (QED) is 0.272. The first-order valence-corrected chi connectivity index (χ1v) is 11.9. The summed E-state index contributed by atoms with van der Waals surface area (Å²) in [4.78, 5) is 45.9. The second-order valence-corrected chi connectivity index (χ2v) is 9.50. The standard InChI is InChI=1S/C26H37N5O4/c1-18(2)13-23(22(26(34)30-35)12-8-11-20-9-6-5-7-10-20)25(33)29-31(16-19(3)4)24(32)14-21-15-27-17-28-21/h5-11,15,17-19,22-23,35H,12-14,16H2,1-4H3,(H,27,28)(H,29,33)(H,30,34)/t22-,23-/m0/s1. The fraction of sp³-hybridized carbons (Fsp3) is 0.462. The Balaban J connectivity index is 2.23. The van der Waals surface area contributed by atoms with Gasteiger partial charge in [0, 0.05) is 18.4 Å². The Kier molecular flexibility index (Phi) is 11.2. The summed E-state index contributed by atoms with van der Waals surface area (Å²) in [6.07, 6.45) is 7.48. The van der Waals surface area contributed by atoms with Crippen molar-refractivity contribution in [1.29, 1.82) is 0 Å². The number of amides is 3. The molecule has 0 unspecified atom stereocenters. The SMILES string of the molecule is CC(C)C[C@H](C(=O)NN(CC(C)C)C(=O)Cc1cnc[nH]1)[C@H](CC=Cc1ccccc1)C(=O)NO. The molecular weight excluding hydrogens is 446 g/mol. The van der Waals surface area contributed by atoms with Crippen molar-refractivity contribution in [2.24, 2.45) is 23.7 Å². The first kappa shape index (κ1) is 27.8. The number of imidazole rings is 1. The van der Waals surface area contributed by atoms with Crippen LogP contribution in [0.5, 0.6) is 0 Å². The van der Waals surface area contributed by atoms with E-state index in [-0.39, 0.29) is 30.6 Å². The summed E-state index contributed by atoms with van der Waals surface area (Å²) >= 11 is 0. The van der Waals surface area contributed by atoms with Gasteiger partial charge < -0.3 is 4.98 Å². The highest BCUT2D eigenvalue weighted by Gasteiger charge is 2.35. The van der Waals surface area contributed by atoms with E-state index in [1.54, 1.807) is 11.7 Å². The van der Waals surface area contributed by atoms with Crippen LogP contribution in [0.15, 0.2) is 48.9 Å². The highest BCUT2D eigenvalue weighted by Crippen LogP contribution is 2.25. The maximum Gasteiger partial charge on any atom is 0.247 e. The molecule has 0 aliphatic heterocycles. The topological polar surface area (TPSA) is 127 Å². The van der Waals surface area contributed by atoms with E-state index in [4.69, 9.17) is 0 Å². The van der Waals surface area contributed by atoms with Gasteiger partial charge in [-0.15, -0.1) is 0 Å². The Bertz CT molecular complexity index is 957. The predicted molar refractivity (Wildman–Crippen MR) is 133 cm³/mol. The number of benzene rings is 1. The van der Waals surface area contributed by atoms with Crippen LogP contribution in [-0.4, -0.2) is 44.5 Å². The number of rotatable bonds is 12. The summed E-state index contributed by atoms with van der Waals surface area (Å²) in [6.45, 7) is 8.14. The van der Waals surface area contributed by atoms with Crippen molar-refractivity contribution in [3.63, 3.8) is 0 Å². The maximum absolute atomic E-state index is 13.5. The average molecular weight is 484 g/mol. The Labute approximate surface area is 206 Å². The highest BCUT2D eigenvalue weighted by atomic mass is 16.5. The molecule has 0 aliphatic carbocycles. The third kappa shape index (κ3) is 9.36. The van der Waals surface area contributed by atoms with Crippen LogP contribution in [0.3, 0.4) is 0 Å². The molecule has 0 fully saturated rings. The third-order valence-electron chi connectivity index (χ3n) is 5.49. The number of aromatic amines is 1. The van der Waals surface area contributed by atoms with Gasteiger partial charge in [-0.2, -0.15) is 0 Å². The minimum Gasteiger partial charge on any atom is -0.348 e. The van der Waals surface area contributed by atoms with E-state index >= 15 is 0 Å². The monoisotopic (exact) mass is 483 g/mol. The summed E-state index contributed by atoms with van der Waals surface area (Å²) in [7, 11) is 0. The Hall–Kier alpha value is -3.46. The third-order valence-corrected chi connectivity index (χ3v) is 5.49. The summed E-state index contributed by atoms with van der Waals surface area (Å²) in [5, 5.41) is 10.7. The second-order valence-electron chi connectivity index (χ2n) is 9.50. The molecule has 1 heterocycles. The van der Waals surface area contributed by atoms with Crippen LogP contribution in [0.2, 0.25) is 0 Å². The molecule has 35 heavy (non-hydrogen) atoms. The van der Waals surface area contributed by atoms with E-state index in [0.717, 1.165) is 5.56 Å². The number of carbonyl (C=O) groups is 3. The van der Waals surface area contributed by atoms with Crippen LogP contribution in [0.4, 0.5) is 0 Å². The number of nitrogens with one attached hydrogen (secondary N) is 3. The Morgan fingerprint density at radius 1 is 1.06 bits per heavy atom. The lowest BCUT2D eigenvalue weighted by molar-refractivity contribution is -0.147. The molecule has 0 spiro atoms. The number of aromatic nitrogens is 2. The fourth-order valence-corrected chi connectivity index (χ4v) is 3.84. The minimum atomic E-state index is -0.814. The lowest BCUT2D eigenvalue weighted by Gasteiger charge is -2.30. The zero-order valence-electron chi connectivity index (χ0n) is 20.9.